The third-order valence-electron chi connectivity index (χ3n) is 4.77. The molecule has 0 spiro atoms. The molecular formula is C21H21F3INO3. The quantitative estimate of drug-likeness (QED) is 0.376. The third-order valence-corrected chi connectivity index (χ3v) is 5.02. The number of rotatable bonds is 4. The van der Waals surface area contributed by atoms with Gasteiger partial charge in [0.1, 0.15) is 11.9 Å². The van der Waals surface area contributed by atoms with Crippen LogP contribution in [0.15, 0.2) is 54.6 Å². The van der Waals surface area contributed by atoms with E-state index < -0.39 is 11.7 Å². The highest BCUT2D eigenvalue weighted by molar-refractivity contribution is 14.1. The SMILES string of the molecule is CC(I)OC(=O)N1CCC(Oc2ccc(C(F)(F)F)cc2)C(c2ccccc2)C1. The van der Waals surface area contributed by atoms with Crippen LogP contribution >= 0.6 is 22.6 Å². The highest BCUT2D eigenvalue weighted by Gasteiger charge is 2.35. The van der Waals surface area contributed by atoms with Crippen molar-refractivity contribution in [2.45, 2.75) is 35.7 Å². The van der Waals surface area contributed by atoms with Crippen LogP contribution in [0.2, 0.25) is 0 Å². The zero-order valence-corrected chi connectivity index (χ0v) is 17.9. The van der Waals surface area contributed by atoms with E-state index in [0.717, 1.165) is 17.7 Å². The van der Waals surface area contributed by atoms with Crippen LogP contribution in [0.3, 0.4) is 0 Å². The van der Waals surface area contributed by atoms with Gasteiger partial charge in [-0.1, -0.05) is 30.3 Å². The first-order valence-electron chi connectivity index (χ1n) is 9.22. The lowest BCUT2D eigenvalue weighted by Crippen LogP contribution is -2.47. The minimum Gasteiger partial charge on any atom is -0.490 e. The summed E-state index contributed by atoms with van der Waals surface area (Å²) in [6, 6.07) is 14.4. The molecule has 156 valence electrons. The van der Waals surface area contributed by atoms with Gasteiger partial charge in [0.05, 0.1) is 5.56 Å². The number of amides is 1. The fraction of sp³-hybridized carbons (Fsp3) is 0.381. The Morgan fingerprint density at radius 1 is 1.14 bits per heavy atom. The van der Waals surface area contributed by atoms with Gasteiger partial charge in [-0.3, -0.25) is 0 Å². The Hall–Kier alpha value is -1.97. The number of hydrogen-bond acceptors (Lipinski definition) is 3. The van der Waals surface area contributed by atoms with Gasteiger partial charge in [0.25, 0.3) is 0 Å². The largest absolute Gasteiger partial charge is 0.490 e. The Morgan fingerprint density at radius 3 is 2.38 bits per heavy atom. The average molecular weight is 519 g/mol. The van der Waals surface area contributed by atoms with Crippen LogP contribution in [-0.2, 0) is 10.9 Å². The lowest BCUT2D eigenvalue weighted by Gasteiger charge is -2.38. The van der Waals surface area contributed by atoms with Gasteiger partial charge in [0.15, 0.2) is 4.11 Å². The molecule has 0 saturated carbocycles. The minimum atomic E-state index is -4.38. The number of hydrogen-bond donors (Lipinski definition) is 0. The first kappa shape index (κ1) is 21.7. The Bertz CT molecular complexity index is 812. The van der Waals surface area contributed by atoms with Crippen LogP contribution in [0.25, 0.3) is 0 Å². The van der Waals surface area contributed by atoms with Gasteiger partial charge in [-0.15, -0.1) is 0 Å². The fourth-order valence-corrected chi connectivity index (χ4v) is 3.59. The van der Waals surface area contributed by atoms with E-state index in [1.54, 1.807) is 11.8 Å². The van der Waals surface area contributed by atoms with Crippen molar-refractivity contribution in [3.63, 3.8) is 0 Å². The van der Waals surface area contributed by atoms with Gasteiger partial charge in [-0.05, 0) is 59.3 Å². The first-order valence-corrected chi connectivity index (χ1v) is 10.5. The lowest BCUT2D eigenvalue weighted by molar-refractivity contribution is -0.137. The standard InChI is InChI=1S/C21H21F3INO3/c1-14(25)28-20(27)26-12-11-19(18(13-26)15-5-3-2-4-6-15)29-17-9-7-16(8-10-17)21(22,23)24/h2-10,14,18-19H,11-13H2,1H3. The van der Waals surface area contributed by atoms with Gasteiger partial charge < -0.3 is 14.4 Å². The summed E-state index contributed by atoms with van der Waals surface area (Å²) in [4.78, 5) is 14.0. The summed E-state index contributed by atoms with van der Waals surface area (Å²) in [6.45, 7) is 2.65. The van der Waals surface area contributed by atoms with E-state index in [1.807, 2.05) is 52.9 Å². The molecule has 1 heterocycles. The number of alkyl halides is 4. The molecule has 1 amide bonds. The second-order valence-electron chi connectivity index (χ2n) is 6.86. The molecule has 2 aromatic carbocycles. The van der Waals surface area contributed by atoms with Crippen LogP contribution in [-0.4, -0.2) is 34.3 Å². The fourth-order valence-electron chi connectivity index (χ4n) is 3.37. The molecule has 1 aliphatic rings. The van der Waals surface area contributed by atoms with Crippen molar-refractivity contribution in [1.82, 2.24) is 4.90 Å². The minimum absolute atomic E-state index is 0.121. The van der Waals surface area contributed by atoms with E-state index in [4.69, 9.17) is 9.47 Å². The van der Waals surface area contributed by atoms with Gasteiger partial charge >= 0.3 is 12.3 Å². The van der Waals surface area contributed by atoms with E-state index in [9.17, 15) is 18.0 Å². The summed E-state index contributed by atoms with van der Waals surface area (Å²) >= 11 is 2.02. The lowest BCUT2D eigenvalue weighted by atomic mass is 9.88. The monoisotopic (exact) mass is 519 g/mol. The molecule has 1 saturated heterocycles. The number of likely N-dealkylation sites (tertiary alicyclic amines) is 1. The van der Waals surface area contributed by atoms with Crippen LogP contribution in [0.4, 0.5) is 18.0 Å². The Kier molecular flexibility index (Phi) is 6.92. The van der Waals surface area contributed by atoms with Crippen LogP contribution < -0.4 is 4.74 Å². The van der Waals surface area contributed by atoms with Crippen molar-refractivity contribution in [2.24, 2.45) is 0 Å². The molecule has 0 N–H and O–H groups in total. The van der Waals surface area contributed by atoms with E-state index >= 15 is 0 Å². The molecular weight excluding hydrogens is 498 g/mol. The maximum atomic E-state index is 12.8. The highest BCUT2D eigenvalue weighted by atomic mass is 127. The molecule has 29 heavy (non-hydrogen) atoms. The summed E-state index contributed by atoms with van der Waals surface area (Å²) in [6.07, 6.45) is -4.48. The van der Waals surface area contributed by atoms with Crippen molar-refractivity contribution in [3.05, 3.63) is 65.7 Å². The Labute approximate surface area is 181 Å². The maximum Gasteiger partial charge on any atom is 0.416 e. The normalized spacial score (nSPS) is 20.8. The molecule has 0 bridgehead atoms. The number of carbonyl (C=O) groups excluding carboxylic acids is 1. The maximum absolute atomic E-state index is 12.8. The van der Waals surface area contributed by atoms with Crippen molar-refractivity contribution < 1.29 is 27.4 Å². The molecule has 8 heteroatoms. The predicted molar refractivity (Wildman–Crippen MR) is 111 cm³/mol. The highest BCUT2D eigenvalue weighted by Crippen LogP contribution is 2.34. The van der Waals surface area contributed by atoms with Gasteiger partial charge in [-0.25, -0.2) is 4.79 Å². The van der Waals surface area contributed by atoms with E-state index in [0.29, 0.717) is 25.3 Å². The summed E-state index contributed by atoms with van der Waals surface area (Å²) < 4.78 is 49.5. The number of piperidine rings is 1. The molecule has 3 atom stereocenters. The molecule has 0 aromatic heterocycles. The molecule has 4 nitrogen and oxygen atoms in total. The molecule has 1 fully saturated rings. The zero-order chi connectivity index (χ0) is 21.0. The first-order chi connectivity index (χ1) is 13.7. The number of benzene rings is 2. The van der Waals surface area contributed by atoms with Crippen LogP contribution in [0, 0.1) is 0 Å². The van der Waals surface area contributed by atoms with Gasteiger partial charge in [0, 0.05) is 25.4 Å². The average Bonchev–Trinajstić information content (AvgIpc) is 2.68. The zero-order valence-electron chi connectivity index (χ0n) is 15.7. The summed E-state index contributed by atoms with van der Waals surface area (Å²) in [7, 11) is 0. The molecule has 2 aromatic rings. The number of halogens is 4. The van der Waals surface area contributed by atoms with Crippen molar-refractivity contribution >= 4 is 28.7 Å². The second kappa shape index (κ2) is 9.23. The molecule has 0 radical (unpaired) electrons. The third kappa shape index (κ3) is 5.77. The van der Waals surface area contributed by atoms with Crippen LogP contribution in [0.1, 0.15) is 30.4 Å². The van der Waals surface area contributed by atoms with Crippen molar-refractivity contribution in [3.8, 4) is 5.75 Å². The predicted octanol–water partition coefficient (Wildman–Crippen LogP) is 5.86. The van der Waals surface area contributed by atoms with Gasteiger partial charge in [0.2, 0.25) is 0 Å². The Balaban J connectivity index is 1.77. The van der Waals surface area contributed by atoms with E-state index in [1.165, 1.54) is 12.1 Å². The molecule has 1 aliphatic heterocycles. The second-order valence-corrected chi connectivity index (χ2v) is 8.61. The van der Waals surface area contributed by atoms with Crippen molar-refractivity contribution in [1.29, 1.82) is 0 Å². The van der Waals surface area contributed by atoms with Gasteiger partial charge in [-0.2, -0.15) is 13.2 Å². The Morgan fingerprint density at radius 2 is 1.79 bits per heavy atom. The molecule has 3 unspecified atom stereocenters. The topological polar surface area (TPSA) is 38.8 Å². The summed E-state index contributed by atoms with van der Waals surface area (Å²) in [5.41, 5.74) is 0.291. The summed E-state index contributed by atoms with van der Waals surface area (Å²) in [5, 5.41) is 0. The number of ether oxygens (including phenoxy) is 2. The number of carbonyl (C=O) groups is 1. The number of nitrogens with zero attached hydrogens (tertiary/aromatic N) is 1. The van der Waals surface area contributed by atoms with Crippen molar-refractivity contribution in [2.75, 3.05) is 13.1 Å². The van der Waals surface area contributed by atoms with Crippen LogP contribution in [0.5, 0.6) is 5.75 Å². The molecule has 3 rings (SSSR count). The van der Waals surface area contributed by atoms with E-state index in [2.05, 4.69) is 0 Å². The smallest absolute Gasteiger partial charge is 0.416 e. The molecule has 0 aliphatic carbocycles. The summed E-state index contributed by atoms with van der Waals surface area (Å²) in [5.74, 6) is 0.255. The van der Waals surface area contributed by atoms with E-state index in [-0.39, 0.29) is 22.2 Å².